The molecule has 1 unspecified atom stereocenters. The fourth-order valence-corrected chi connectivity index (χ4v) is 2.59. The zero-order valence-corrected chi connectivity index (χ0v) is 12.2. The van der Waals surface area contributed by atoms with Crippen LogP contribution in [0.15, 0.2) is 54.7 Å². The minimum absolute atomic E-state index is 0.600. The van der Waals surface area contributed by atoms with E-state index in [1.54, 1.807) is 16.9 Å². The summed E-state index contributed by atoms with van der Waals surface area (Å²) in [7, 11) is 0. The van der Waals surface area contributed by atoms with Crippen molar-refractivity contribution in [2.45, 2.75) is 13.0 Å². The Kier molecular flexibility index (Phi) is 3.73. The van der Waals surface area contributed by atoms with Crippen LogP contribution in [0.5, 0.6) is 0 Å². The van der Waals surface area contributed by atoms with Crippen molar-refractivity contribution >= 4 is 11.6 Å². The first kappa shape index (κ1) is 13.8. The van der Waals surface area contributed by atoms with Crippen LogP contribution < -0.4 is 0 Å². The Bertz CT molecular complexity index is 735. The Morgan fingerprint density at radius 3 is 2.62 bits per heavy atom. The van der Waals surface area contributed by atoms with Crippen LogP contribution in [0.2, 0.25) is 5.02 Å². The second-order valence-corrected chi connectivity index (χ2v) is 5.31. The van der Waals surface area contributed by atoms with Gasteiger partial charge in [-0.3, -0.25) is 0 Å². The second kappa shape index (κ2) is 5.68. The molecule has 0 saturated carbocycles. The highest BCUT2D eigenvalue weighted by Gasteiger charge is 2.18. The van der Waals surface area contributed by atoms with E-state index >= 15 is 0 Å². The summed E-state index contributed by atoms with van der Waals surface area (Å²) in [6.45, 7) is 1.94. The van der Waals surface area contributed by atoms with Crippen LogP contribution in [0.1, 0.15) is 22.9 Å². The first-order valence-electron chi connectivity index (χ1n) is 6.56. The molecular formula is C16H14ClN3O. The Morgan fingerprint density at radius 2 is 1.90 bits per heavy atom. The van der Waals surface area contributed by atoms with Crippen molar-refractivity contribution in [1.29, 1.82) is 0 Å². The van der Waals surface area contributed by atoms with Gasteiger partial charge in [-0.05, 0) is 42.3 Å². The number of nitrogens with zero attached hydrogens (tertiary/aromatic N) is 3. The SMILES string of the molecule is Cc1cc(Cl)cc(C(O)c2cnnn2-c2ccccc2)c1. The molecule has 0 bridgehead atoms. The van der Waals surface area contributed by atoms with Gasteiger partial charge in [-0.25, -0.2) is 4.68 Å². The molecule has 0 aliphatic heterocycles. The van der Waals surface area contributed by atoms with Gasteiger partial charge in [0.1, 0.15) is 6.10 Å². The third kappa shape index (κ3) is 2.82. The van der Waals surface area contributed by atoms with Crippen molar-refractivity contribution in [1.82, 2.24) is 15.0 Å². The summed E-state index contributed by atoms with van der Waals surface area (Å²) < 4.78 is 1.63. The Hall–Kier alpha value is -2.17. The van der Waals surface area contributed by atoms with Gasteiger partial charge < -0.3 is 5.11 Å². The van der Waals surface area contributed by atoms with E-state index in [0.29, 0.717) is 10.7 Å². The normalized spacial score (nSPS) is 12.3. The lowest BCUT2D eigenvalue weighted by Gasteiger charge is -2.13. The van der Waals surface area contributed by atoms with Crippen LogP contribution in [0, 0.1) is 6.92 Å². The number of para-hydroxylation sites is 1. The van der Waals surface area contributed by atoms with Gasteiger partial charge in [-0.1, -0.05) is 41.1 Å². The Labute approximate surface area is 127 Å². The van der Waals surface area contributed by atoms with Gasteiger partial charge in [0, 0.05) is 5.02 Å². The maximum absolute atomic E-state index is 10.6. The van der Waals surface area contributed by atoms with Crippen molar-refractivity contribution in [2.24, 2.45) is 0 Å². The van der Waals surface area contributed by atoms with E-state index < -0.39 is 6.10 Å². The van der Waals surface area contributed by atoms with Gasteiger partial charge in [-0.15, -0.1) is 5.10 Å². The zero-order chi connectivity index (χ0) is 14.8. The number of hydrogen-bond donors (Lipinski definition) is 1. The predicted molar refractivity (Wildman–Crippen MR) is 81.6 cm³/mol. The highest BCUT2D eigenvalue weighted by Crippen LogP contribution is 2.26. The standard InChI is InChI=1S/C16H14ClN3O/c1-11-7-12(9-13(17)8-11)16(21)15-10-18-19-20(15)14-5-3-2-4-6-14/h2-10,16,21H,1H3. The second-order valence-electron chi connectivity index (χ2n) is 4.87. The fourth-order valence-electron chi connectivity index (χ4n) is 2.29. The van der Waals surface area contributed by atoms with Gasteiger partial charge in [0.2, 0.25) is 0 Å². The summed E-state index contributed by atoms with van der Waals surface area (Å²) in [5.74, 6) is 0. The molecule has 0 fully saturated rings. The van der Waals surface area contributed by atoms with Crippen LogP contribution in [-0.2, 0) is 0 Å². The number of aliphatic hydroxyl groups excluding tert-OH is 1. The summed E-state index contributed by atoms with van der Waals surface area (Å²) in [4.78, 5) is 0. The molecule has 1 aromatic heterocycles. The van der Waals surface area contributed by atoms with E-state index in [2.05, 4.69) is 10.3 Å². The Balaban J connectivity index is 2.03. The monoisotopic (exact) mass is 299 g/mol. The molecule has 1 atom stereocenters. The molecule has 0 saturated heterocycles. The predicted octanol–water partition coefficient (Wildman–Crippen LogP) is 3.31. The van der Waals surface area contributed by atoms with E-state index in [0.717, 1.165) is 16.8 Å². The first-order chi connectivity index (χ1) is 10.1. The van der Waals surface area contributed by atoms with Crippen molar-refractivity contribution in [3.63, 3.8) is 0 Å². The Morgan fingerprint density at radius 1 is 1.14 bits per heavy atom. The van der Waals surface area contributed by atoms with Crippen LogP contribution >= 0.6 is 11.6 Å². The highest BCUT2D eigenvalue weighted by atomic mass is 35.5. The molecule has 3 aromatic rings. The lowest BCUT2D eigenvalue weighted by atomic mass is 10.0. The van der Waals surface area contributed by atoms with Crippen LogP contribution in [0.3, 0.4) is 0 Å². The minimum Gasteiger partial charge on any atom is -0.382 e. The van der Waals surface area contributed by atoms with E-state index in [1.807, 2.05) is 49.4 Å². The largest absolute Gasteiger partial charge is 0.382 e. The van der Waals surface area contributed by atoms with Crippen molar-refractivity contribution in [2.75, 3.05) is 0 Å². The molecule has 5 heteroatoms. The van der Waals surface area contributed by atoms with E-state index in [1.165, 1.54) is 0 Å². The van der Waals surface area contributed by atoms with E-state index in [-0.39, 0.29) is 0 Å². The van der Waals surface area contributed by atoms with Gasteiger partial charge in [-0.2, -0.15) is 0 Å². The molecule has 0 amide bonds. The average Bonchev–Trinajstić information content (AvgIpc) is 2.95. The lowest BCUT2D eigenvalue weighted by Crippen LogP contribution is -2.08. The lowest BCUT2D eigenvalue weighted by molar-refractivity contribution is 0.212. The number of aromatic nitrogens is 3. The topological polar surface area (TPSA) is 50.9 Å². The average molecular weight is 300 g/mol. The van der Waals surface area contributed by atoms with Gasteiger partial charge in [0.15, 0.2) is 0 Å². The van der Waals surface area contributed by atoms with Crippen LogP contribution in [0.25, 0.3) is 5.69 Å². The molecule has 106 valence electrons. The first-order valence-corrected chi connectivity index (χ1v) is 6.94. The molecule has 0 radical (unpaired) electrons. The van der Waals surface area contributed by atoms with Crippen molar-refractivity contribution < 1.29 is 5.11 Å². The molecular weight excluding hydrogens is 286 g/mol. The third-order valence-corrected chi connectivity index (χ3v) is 3.45. The smallest absolute Gasteiger partial charge is 0.123 e. The number of aryl methyl sites for hydroxylation is 1. The quantitative estimate of drug-likeness (QED) is 0.807. The maximum Gasteiger partial charge on any atom is 0.123 e. The molecule has 4 nitrogen and oxygen atoms in total. The summed E-state index contributed by atoms with van der Waals surface area (Å²) >= 11 is 6.06. The fraction of sp³-hybridized carbons (Fsp3) is 0.125. The zero-order valence-electron chi connectivity index (χ0n) is 11.4. The van der Waals surface area contributed by atoms with Gasteiger partial charge >= 0.3 is 0 Å². The molecule has 1 N–H and O–H groups in total. The maximum atomic E-state index is 10.6. The van der Waals surface area contributed by atoms with Crippen molar-refractivity contribution in [3.05, 3.63) is 76.6 Å². The summed E-state index contributed by atoms with van der Waals surface area (Å²) in [6.07, 6.45) is 0.728. The number of benzene rings is 2. The highest BCUT2D eigenvalue weighted by molar-refractivity contribution is 6.30. The molecule has 0 aliphatic rings. The van der Waals surface area contributed by atoms with Crippen molar-refractivity contribution in [3.8, 4) is 5.69 Å². The molecule has 21 heavy (non-hydrogen) atoms. The summed E-state index contributed by atoms with van der Waals surface area (Å²) in [5.41, 5.74) is 3.17. The minimum atomic E-state index is -0.836. The van der Waals surface area contributed by atoms with Gasteiger partial charge in [0.05, 0.1) is 17.6 Å². The third-order valence-electron chi connectivity index (χ3n) is 3.24. The number of hydrogen-bond acceptors (Lipinski definition) is 3. The number of aliphatic hydroxyl groups is 1. The van der Waals surface area contributed by atoms with Gasteiger partial charge in [0.25, 0.3) is 0 Å². The van der Waals surface area contributed by atoms with Crippen LogP contribution in [-0.4, -0.2) is 20.1 Å². The summed E-state index contributed by atoms with van der Waals surface area (Å²) in [6, 6.07) is 15.1. The van der Waals surface area contributed by atoms with Crippen LogP contribution in [0.4, 0.5) is 0 Å². The number of rotatable bonds is 3. The van der Waals surface area contributed by atoms with E-state index in [4.69, 9.17) is 11.6 Å². The molecule has 3 rings (SSSR count). The molecule has 2 aromatic carbocycles. The van der Waals surface area contributed by atoms with E-state index in [9.17, 15) is 5.11 Å². The molecule has 1 heterocycles. The molecule has 0 spiro atoms. The number of halogens is 1. The molecule has 0 aliphatic carbocycles. The summed E-state index contributed by atoms with van der Waals surface area (Å²) in [5, 5.41) is 19.2.